The van der Waals surface area contributed by atoms with E-state index in [2.05, 4.69) is 22.9 Å². The normalized spacial score (nSPS) is 13.2. The number of hydrogen-bond donors (Lipinski definition) is 3. The van der Waals surface area contributed by atoms with Crippen molar-refractivity contribution < 1.29 is 9.59 Å². The van der Waals surface area contributed by atoms with E-state index in [0.29, 0.717) is 6.42 Å². The molecule has 0 radical (unpaired) electrons. The predicted octanol–water partition coefficient (Wildman–Crippen LogP) is 3.74. The molecule has 0 aromatic heterocycles. The lowest BCUT2D eigenvalue weighted by atomic mass is 10.1. The molecule has 130 valence electrons. The summed E-state index contributed by atoms with van der Waals surface area (Å²) in [6, 6.07) is 5.62. The van der Waals surface area contributed by atoms with E-state index in [-0.39, 0.29) is 22.8 Å². The molecule has 0 atom stereocenters. The van der Waals surface area contributed by atoms with Crippen LogP contribution < -0.4 is 16.0 Å². The van der Waals surface area contributed by atoms with Crippen LogP contribution in [-0.4, -0.2) is 16.9 Å². The fourth-order valence-electron chi connectivity index (χ4n) is 2.30. The van der Waals surface area contributed by atoms with E-state index in [0.717, 1.165) is 49.0 Å². The van der Waals surface area contributed by atoms with Gasteiger partial charge < -0.3 is 16.0 Å². The molecular weight excluding hydrogens is 322 g/mol. The summed E-state index contributed by atoms with van der Waals surface area (Å²) in [5.41, 5.74) is 2.50. The summed E-state index contributed by atoms with van der Waals surface area (Å²) in [5, 5.41) is 8.91. The summed E-state index contributed by atoms with van der Waals surface area (Å²) in [7, 11) is 0. The standard InChI is InChI=1S/C18H25N3O2S/c1-3-4-5-6-16(22)21-18(24)19-14-10-7-12(2)15(11-14)20-17(23)13-8-9-13/h7,10-11,13H,3-6,8-9H2,1-2H3,(H,20,23)(H2,19,21,22,24). The molecule has 1 aromatic carbocycles. The molecule has 1 fully saturated rings. The van der Waals surface area contributed by atoms with E-state index >= 15 is 0 Å². The van der Waals surface area contributed by atoms with Gasteiger partial charge in [0.05, 0.1) is 0 Å². The Hall–Kier alpha value is -1.95. The van der Waals surface area contributed by atoms with Crippen molar-refractivity contribution in [2.75, 3.05) is 10.6 Å². The van der Waals surface area contributed by atoms with Crippen molar-refractivity contribution in [3.8, 4) is 0 Å². The number of anilines is 2. The zero-order chi connectivity index (χ0) is 17.5. The van der Waals surface area contributed by atoms with Crippen LogP contribution >= 0.6 is 12.2 Å². The van der Waals surface area contributed by atoms with Gasteiger partial charge in [-0.2, -0.15) is 0 Å². The van der Waals surface area contributed by atoms with Crippen molar-refractivity contribution >= 4 is 40.5 Å². The Morgan fingerprint density at radius 1 is 1.21 bits per heavy atom. The second-order valence-electron chi connectivity index (χ2n) is 6.25. The first kappa shape index (κ1) is 18.4. The molecule has 2 rings (SSSR count). The molecule has 0 aliphatic heterocycles. The average molecular weight is 347 g/mol. The van der Waals surface area contributed by atoms with Gasteiger partial charge in [0.15, 0.2) is 5.11 Å². The number of amides is 2. The Balaban J connectivity index is 1.88. The molecule has 1 aromatic rings. The molecule has 1 aliphatic carbocycles. The topological polar surface area (TPSA) is 70.2 Å². The minimum atomic E-state index is -0.0738. The zero-order valence-electron chi connectivity index (χ0n) is 14.3. The number of benzene rings is 1. The number of aryl methyl sites for hydroxylation is 1. The predicted molar refractivity (Wildman–Crippen MR) is 101 cm³/mol. The lowest BCUT2D eigenvalue weighted by Crippen LogP contribution is -2.33. The maximum Gasteiger partial charge on any atom is 0.227 e. The van der Waals surface area contributed by atoms with E-state index in [1.807, 2.05) is 25.1 Å². The SMILES string of the molecule is CCCCCC(=O)NC(=S)Nc1ccc(C)c(NC(=O)C2CC2)c1. The Morgan fingerprint density at radius 2 is 1.96 bits per heavy atom. The first-order valence-electron chi connectivity index (χ1n) is 8.52. The van der Waals surface area contributed by atoms with Gasteiger partial charge in [0.1, 0.15) is 0 Å². The Bertz CT molecular complexity index is 627. The van der Waals surface area contributed by atoms with E-state index in [4.69, 9.17) is 12.2 Å². The molecular formula is C18H25N3O2S. The van der Waals surface area contributed by atoms with Gasteiger partial charge in [-0.05, 0) is 56.1 Å². The van der Waals surface area contributed by atoms with E-state index in [1.165, 1.54) is 0 Å². The number of unbranched alkanes of at least 4 members (excludes halogenated alkanes) is 2. The molecule has 0 heterocycles. The molecule has 0 unspecified atom stereocenters. The maximum absolute atomic E-state index is 11.9. The molecule has 0 spiro atoms. The van der Waals surface area contributed by atoms with Crippen LogP contribution in [0.1, 0.15) is 51.0 Å². The average Bonchev–Trinajstić information content (AvgIpc) is 3.35. The van der Waals surface area contributed by atoms with Gasteiger partial charge in [-0.1, -0.05) is 25.8 Å². The van der Waals surface area contributed by atoms with Gasteiger partial charge >= 0.3 is 0 Å². The molecule has 3 N–H and O–H groups in total. The lowest BCUT2D eigenvalue weighted by Gasteiger charge is -2.13. The van der Waals surface area contributed by atoms with Crippen LogP contribution in [0.5, 0.6) is 0 Å². The number of thiocarbonyl (C=S) groups is 1. The summed E-state index contributed by atoms with van der Waals surface area (Å²) < 4.78 is 0. The molecule has 24 heavy (non-hydrogen) atoms. The van der Waals surface area contributed by atoms with Crippen LogP contribution in [0, 0.1) is 12.8 Å². The fraction of sp³-hybridized carbons (Fsp3) is 0.500. The van der Waals surface area contributed by atoms with Crippen LogP contribution in [0.15, 0.2) is 18.2 Å². The fourth-order valence-corrected chi connectivity index (χ4v) is 2.53. The number of rotatable bonds is 7. The molecule has 1 aliphatic rings. The number of carbonyl (C=O) groups is 2. The van der Waals surface area contributed by atoms with Crippen LogP contribution in [0.3, 0.4) is 0 Å². The number of carbonyl (C=O) groups excluding carboxylic acids is 2. The van der Waals surface area contributed by atoms with Gasteiger partial charge in [0.2, 0.25) is 11.8 Å². The monoisotopic (exact) mass is 347 g/mol. The van der Waals surface area contributed by atoms with E-state index in [9.17, 15) is 9.59 Å². The van der Waals surface area contributed by atoms with Gasteiger partial charge in [0, 0.05) is 23.7 Å². The first-order valence-corrected chi connectivity index (χ1v) is 8.92. The summed E-state index contributed by atoms with van der Waals surface area (Å²) in [4.78, 5) is 23.7. The molecule has 1 saturated carbocycles. The Kier molecular flexibility index (Phi) is 6.73. The number of nitrogens with one attached hydrogen (secondary N) is 3. The molecule has 2 amide bonds. The molecule has 0 bridgehead atoms. The Labute approximate surface area is 148 Å². The summed E-state index contributed by atoms with van der Waals surface area (Å²) in [6.45, 7) is 4.04. The van der Waals surface area contributed by atoms with Crippen molar-refractivity contribution in [1.82, 2.24) is 5.32 Å². The zero-order valence-corrected chi connectivity index (χ0v) is 15.1. The van der Waals surface area contributed by atoms with Crippen LogP contribution in [0.25, 0.3) is 0 Å². The smallest absolute Gasteiger partial charge is 0.227 e. The van der Waals surface area contributed by atoms with Gasteiger partial charge in [-0.25, -0.2) is 0 Å². The van der Waals surface area contributed by atoms with E-state index in [1.54, 1.807) is 0 Å². The highest BCUT2D eigenvalue weighted by Crippen LogP contribution is 2.31. The van der Waals surface area contributed by atoms with Gasteiger partial charge in [-0.3, -0.25) is 9.59 Å². The van der Waals surface area contributed by atoms with Gasteiger partial charge in [-0.15, -0.1) is 0 Å². The third-order valence-corrected chi connectivity index (χ3v) is 4.17. The number of hydrogen-bond acceptors (Lipinski definition) is 3. The summed E-state index contributed by atoms with van der Waals surface area (Å²) >= 11 is 5.18. The van der Waals surface area contributed by atoms with Crippen molar-refractivity contribution in [2.24, 2.45) is 5.92 Å². The summed E-state index contributed by atoms with van der Waals surface area (Å²) in [5.74, 6) is 0.155. The van der Waals surface area contributed by atoms with Crippen LogP contribution in [0.4, 0.5) is 11.4 Å². The Morgan fingerprint density at radius 3 is 2.62 bits per heavy atom. The highest BCUT2D eigenvalue weighted by molar-refractivity contribution is 7.80. The minimum absolute atomic E-state index is 0.0713. The highest BCUT2D eigenvalue weighted by Gasteiger charge is 2.29. The quantitative estimate of drug-likeness (QED) is 0.519. The van der Waals surface area contributed by atoms with Crippen LogP contribution in [0.2, 0.25) is 0 Å². The van der Waals surface area contributed by atoms with Crippen molar-refractivity contribution in [3.63, 3.8) is 0 Å². The molecule has 6 heteroatoms. The molecule has 5 nitrogen and oxygen atoms in total. The minimum Gasteiger partial charge on any atom is -0.332 e. The highest BCUT2D eigenvalue weighted by atomic mass is 32.1. The largest absolute Gasteiger partial charge is 0.332 e. The van der Waals surface area contributed by atoms with E-state index < -0.39 is 0 Å². The van der Waals surface area contributed by atoms with Crippen LogP contribution in [-0.2, 0) is 9.59 Å². The van der Waals surface area contributed by atoms with Crippen molar-refractivity contribution in [1.29, 1.82) is 0 Å². The first-order chi connectivity index (χ1) is 11.5. The second-order valence-corrected chi connectivity index (χ2v) is 6.66. The lowest BCUT2D eigenvalue weighted by molar-refractivity contribution is -0.120. The summed E-state index contributed by atoms with van der Waals surface area (Å²) in [6.07, 6.45) is 5.40. The van der Waals surface area contributed by atoms with Gasteiger partial charge in [0.25, 0.3) is 0 Å². The van der Waals surface area contributed by atoms with Crippen molar-refractivity contribution in [3.05, 3.63) is 23.8 Å². The van der Waals surface area contributed by atoms with Crippen molar-refractivity contribution in [2.45, 2.75) is 52.4 Å². The molecule has 0 saturated heterocycles. The third-order valence-electron chi connectivity index (χ3n) is 3.96. The second kappa shape index (κ2) is 8.78. The third kappa shape index (κ3) is 5.92. The maximum atomic E-state index is 11.9.